The second-order valence-corrected chi connectivity index (χ2v) is 3.50. The van der Waals surface area contributed by atoms with Gasteiger partial charge in [-0.15, -0.1) is 0 Å². The quantitative estimate of drug-likeness (QED) is 0.831. The predicted octanol–water partition coefficient (Wildman–Crippen LogP) is 2.75. The van der Waals surface area contributed by atoms with Crippen LogP contribution in [0.5, 0.6) is 0 Å². The van der Waals surface area contributed by atoms with Gasteiger partial charge in [0.25, 0.3) is 0 Å². The molecule has 17 heavy (non-hydrogen) atoms. The summed E-state index contributed by atoms with van der Waals surface area (Å²) in [5.74, 6) is -1.25. The molecule has 1 unspecified atom stereocenters. The van der Waals surface area contributed by atoms with Crippen LogP contribution in [-0.2, 0) is 10.9 Å². The lowest BCUT2D eigenvalue weighted by Crippen LogP contribution is -2.23. The van der Waals surface area contributed by atoms with E-state index in [0.29, 0.717) is 0 Å². The van der Waals surface area contributed by atoms with Gasteiger partial charge in [-0.2, -0.15) is 13.2 Å². The first-order valence-corrected chi connectivity index (χ1v) is 4.93. The molecule has 0 aromatic heterocycles. The van der Waals surface area contributed by atoms with Gasteiger partial charge in [-0.05, 0) is 13.1 Å². The van der Waals surface area contributed by atoms with Crippen molar-refractivity contribution in [1.82, 2.24) is 5.32 Å². The summed E-state index contributed by atoms with van der Waals surface area (Å²) in [5.41, 5.74) is -1.31. The van der Waals surface area contributed by atoms with Crippen LogP contribution in [0.1, 0.15) is 17.2 Å². The summed E-state index contributed by atoms with van der Waals surface area (Å²) >= 11 is 0. The minimum atomic E-state index is -4.69. The maximum absolute atomic E-state index is 13.7. The van der Waals surface area contributed by atoms with Crippen LogP contribution >= 0.6 is 0 Å². The van der Waals surface area contributed by atoms with Crippen LogP contribution in [0.2, 0.25) is 0 Å². The Balaban J connectivity index is 3.17. The molecule has 0 saturated carbocycles. The number of benzene rings is 1. The predicted molar refractivity (Wildman–Crippen MR) is 55.1 cm³/mol. The van der Waals surface area contributed by atoms with Gasteiger partial charge < -0.3 is 10.1 Å². The van der Waals surface area contributed by atoms with Crippen molar-refractivity contribution in [3.05, 3.63) is 35.1 Å². The monoisotopic (exact) mass is 251 g/mol. The van der Waals surface area contributed by atoms with Crippen LogP contribution in [0.25, 0.3) is 0 Å². The van der Waals surface area contributed by atoms with Gasteiger partial charge >= 0.3 is 6.18 Å². The van der Waals surface area contributed by atoms with E-state index in [1.54, 1.807) is 0 Å². The Hall–Kier alpha value is -1.14. The summed E-state index contributed by atoms with van der Waals surface area (Å²) in [6, 6.07) is 2.60. The summed E-state index contributed by atoms with van der Waals surface area (Å²) < 4.78 is 56.0. The van der Waals surface area contributed by atoms with Gasteiger partial charge in [0.1, 0.15) is 5.82 Å². The Kier molecular flexibility index (Phi) is 4.47. The SMILES string of the molecule is CNC(COC)c1cccc(C(F)(F)F)c1F. The van der Waals surface area contributed by atoms with Gasteiger partial charge in [0, 0.05) is 12.7 Å². The van der Waals surface area contributed by atoms with Gasteiger partial charge in [0.15, 0.2) is 0 Å². The molecule has 2 nitrogen and oxygen atoms in total. The number of likely N-dealkylation sites (N-methyl/N-ethyl adjacent to an activating group) is 1. The molecule has 0 spiro atoms. The van der Waals surface area contributed by atoms with Gasteiger partial charge in [0.05, 0.1) is 18.2 Å². The smallest absolute Gasteiger partial charge is 0.383 e. The second kappa shape index (κ2) is 5.46. The normalized spacial score (nSPS) is 13.8. The first-order valence-electron chi connectivity index (χ1n) is 4.93. The first kappa shape index (κ1) is 13.9. The summed E-state index contributed by atoms with van der Waals surface area (Å²) in [4.78, 5) is 0. The number of methoxy groups -OCH3 is 1. The summed E-state index contributed by atoms with van der Waals surface area (Å²) in [7, 11) is 2.93. The van der Waals surface area contributed by atoms with Gasteiger partial charge in [0.2, 0.25) is 0 Å². The van der Waals surface area contributed by atoms with E-state index in [4.69, 9.17) is 4.74 Å². The summed E-state index contributed by atoms with van der Waals surface area (Å²) in [6.45, 7) is 0.0920. The lowest BCUT2D eigenvalue weighted by Gasteiger charge is -2.18. The van der Waals surface area contributed by atoms with E-state index in [2.05, 4.69) is 5.32 Å². The van der Waals surface area contributed by atoms with Crippen molar-refractivity contribution in [2.24, 2.45) is 0 Å². The molecule has 0 bridgehead atoms. The molecule has 0 aliphatic carbocycles. The van der Waals surface area contributed by atoms with E-state index in [-0.39, 0.29) is 12.2 Å². The average Bonchev–Trinajstić information content (AvgIpc) is 2.25. The third-order valence-electron chi connectivity index (χ3n) is 2.39. The van der Waals surface area contributed by atoms with Gasteiger partial charge in [-0.3, -0.25) is 0 Å². The highest BCUT2D eigenvalue weighted by Crippen LogP contribution is 2.33. The fraction of sp³-hybridized carbons (Fsp3) is 0.455. The molecule has 1 aromatic rings. The van der Waals surface area contributed by atoms with Crippen molar-refractivity contribution in [2.45, 2.75) is 12.2 Å². The highest BCUT2D eigenvalue weighted by atomic mass is 19.4. The first-order chi connectivity index (χ1) is 7.91. The molecule has 96 valence electrons. The standard InChI is InChI=1S/C11H13F4NO/c1-16-9(6-17-2)7-4-3-5-8(10(7)12)11(13,14)15/h3-5,9,16H,6H2,1-2H3. The van der Waals surface area contributed by atoms with Crippen LogP contribution in [0.15, 0.2) is 18.2 Å². The number of halogens is 4. The second-order valence-electron chi connectivity index (χ2n) is 3.50. The van der Waals surface area contributed by atoms with E-state index in [0.717, 1.165) is 6.07 Å². The molecule has 1 aromatic carbocycles. The van der Waals surface area contributed by atoms with Crippen LogP contribution < -0.4 is 5.32 Å². The van der Waals surface area contributed by atoms with Crippen molar-refractivity contribution in [3.63, 3.8) is 0 Å². The van der Waals surface area contributed by atoms with Crippen molar-refractivity contribution >= 4 is 0 Å². The maximum Gasteiger partial charge on any atom is 0.419 e. The number of nitrogens with one attached hydrogen (secondary N) is 1. The fourth-order valence-corrected chi connectivity index (χ4v) is 1.53. The van der Waals surface area contributed by atoms with E-state index in [1.165, 1.54) is 26.3 Å². The van der Waals surface area contributed by atoms with Crippen LogP contribution in [0, 0.1) is 5.82 Å². The number of alkyl halides is 3. The molecule has 1 rings (SSSR count). The largest absolute Gasteiger partial charge is 0.419 e. The highest BCUT2D eigenvalue weighted by Gasteiger charge is 2.35. The van der Waals surface area contributed by atoms with E-state index in [9.17, 15) is 17.6 Å². The Morgan fingerprint density at radius 3 is 2.47 bits per heavy atom. The number of rotatable bonds is 4. The minimum Gasteiger partial charge on any atom is -0.383 e. The lowest BCUT2D eigenvalue weighted by molar-refractivity contribution is -0.140. The van der Waals surface area contributed by atoms with E-state index < -0.39 is 23.6 Å². The molecule has 1 N–H and O–H groups in total. The third-order valence-corrected chi connectivity index (χ3v) is 2.39. The molecule has 0 heterocycles. The van der Waals surface area contributed by atoms with Crippen molar-refractivity contribution < 1.29 is 22.3 Å². The Morgan fingerprint density at radius 1 is 1.35 bits per heavy atom. The van der Waals surface area contributed by atoms with Crippen molar-refractivity contribution in [1.29, 1.82) is 0 Å². The molecule has 0 fully saturated rings. The minimum absolute atomic E-state index is 0.0517. The van der Waals surface area contributed by atoms with Crippen LogP contribution in [0.3, 0.4) is 0 Å². The molecule has 0 amide bonds. The van der Waals surface area contributed by atoms with Crippen LogP contribution in [0.4, 0.5) is 17.6 Å². The highest BCUT2D eigenvalue weighted by molar-refractivity contribution is 5.30. The zero-order chi connectivity index (χ0) is 13.1. The zero-order valence-electron chi connectivity index (χ0n) is 9.44. The van der Waals surface area contributed by atoms with E-state index in [1.807, 2.05) is 0 Å². The zero-order valence-corrected chi connectivity index (χ0v) is 9.44. The fourth-order valence-electron chi connectivity index (χ4n) is 1.53. The molecule has 0 saturated heterocycles. The molecular formula is C11H13F4NO. The molecule has 0 radical (unpaired) electrons. The Morgan fingerprint density at radius 2 is 2.00 bits per heavy atom. The summed E-state index contributed by atoms with van der Waals surface area (Å²) in [5, 5.41) is 2.71. The molecule has 0 aliphatic rings. The Labute approximate surface area is 96.6 Å². The number of hydrogen-bond donors (Lipinski definition) is 1. The van der Waals surface area contributed by atoms with Crippen molar-refractivity contribution in [3.8, 4) is 0 Å². The Bertz CT molecular complexity index is 378. The maximum atomic E-state index is 13.7. The molecule has 6 heteroatoms. The number of hydrogen-bond acceptors (Lipinski definition) is 2. The van der Waals surface area contributed by atoms with Crippen molar-refractivity contribution in [2.75, 3.05) is 20.8 Å². The molecular weight excluding hydrogens is 238 g/mol. The number of ether oxygens (including phenoxy) is 1. The van der Waals surface area contributed by atoms with Gasteiger partial charge in [-0.25, -0.2) is 4.39 Å². The third kappa shape index (κ3) is 3.17. The topological polar surface area (TPSA) is 21.3 Å². The molecule has 0 aliphatic heterocycles. The summed E-state index contributed by atoms with van der Waals surface area (Å²) in [6.07, 6.45) is -4.69. The average molecular weight is 251 g/mol. The van der Waals surface area contributed by atoms with Gasteiger partial charge in [-0.1, -0.05) is 12.1 Å². The van der Waals surface area contributed by atoms with Crippen LogP contribution in [-0.4, -0.2) is 20.8 Å². The molecule has 1 atom stereocenters. The van der Waals surface area contributed by atoms with E-state index >= 15 is 0 Å². The lowest BCUT2D eigenvalue weighted by atomic mass is 10.0.